The topological polar surface area (TPSA) is 30.0 Å². The lowest BCUT2D eigenvalue weighted by atomic mass is 10.2. The van der Waals surface area contributed by atoms with Gasteiger partial charge in [0.2, 0.25) is 5.91 Å². The number of anilines is 2. The molecule has 2 saturated heterocycles. The molecule has 0 spiro atoms. The summed E-state index contributed by atoms with van der Waals surface area (Å²) in [7, 11) is 0. The van der Waals surface area contributed by atoms with Gasteiger partial charge >= 0.3 is 5.51 Å². The van der Waals surface area contributed by atoms with Gasteiger partial charge in [0.05, 0.1) is 0 Å². The molecule has 2 aliphatic rings. The van der Waals surface area contributed by atoms with E-state index < -0.39 is 5.51 Å². The Hall–Kier alpha value is -2.39. The SMILES string of the molecule is O=C(CCCN1CCN(c2ccccc2)CC1)N1CCCN(c2ccc(SC(F)(F)F)cc2)CC1. The van der Waals surface area contributed by atoms with E-state index in [1.165, 1.54) is 17.8 Å². The molecule has 0 N–H and O–H groups in total. The average molecular weight is 507 g/mol. The summed E-state index contributed by atoms with van der Waals surface area (Å²) < 4.78 is 37.7. The summed E-state index contributed by atoms with van der Waals surface area (Å²) in [4.78, 5) is 22.0. The molecule has 9 heteroatoms. The Kier molecular flexibility index (Phi) is 8.83. The third kappa shape index (κ3) is 7.80. The maximum Gasteiger partial charge on any atom is 0.446 e. The molecule has 35 heavy (non-hydrogen) atoms. The summed E-state index contributed by atoms with van der Waals surface area (Å²) in [5.41, 5.74) is -2.10. The summed E-state index contributed by atoms with van der Waals surface area (Å²) in [6, 6.07) is 17.0. The molecule has 190 valence electrons. The molecule has 2 heterocycles. The lowest BCUT2D eigenvalue weighted by molar-refractivity contribution is -0.131. The summed E-state index contributed by atoms with van der Waals surface area (Å²) >= 11 is -0.0959. The van der Waals surface area contributed by atoms with Crippen molar-refractivity contribution in [3.8, 4) is 0 Å². The van der Waals surface area contributed by atoms with Crippen molar-refractivity contribution in [2.75, 3.05) is 68.7 Å². The smallest absolute Gasteiger partial charge is 0.370 e. The predicted molar refractivity (Wildman–Crippen MR) is 136 cm³/mol. The first-order chi connectivity index (χ1) is 16.9. The number of benzene rings is 2. The quantitative estimate of drug-likeness (QED) is 0.497. The standard InChI is InChI=1S/C26H33F3N4OS/c27-26(28,29)35-24-11-9-23(10-12-24)31-14-5-15-33(21-20-31)25(34)8-4-13-30-16-18-32(19-17-30)22-6-2-1-3-7-22/h1-3,6-7,9-12H,4-5,8,13-21H2. The van der Waals surface area contributed by atoms with E-state index in [-0.39, 0.29) is 22.6 Å². The minimum atomic E-state index is -4.28. The highest BCUT2D eigenvalue weighted by Gasteiger charge is 2.29. The molecule has 0 atom stereocenters. The van der Waals surface area contributed by atoms with Crippen LogP contribution in [-0.2, 0) is 4.79 Å². The fourth-order valence-corrected chi connectivity index (χ4v) is 5.30. The molecule has 2 aromatic rings. The first-order valence-corrected chi connectivity index (χ1v) is 13.1. The van der Waals surface area contributed by atoms with Crippen molar-refractivity contribution in [3.63, 3.8) is 0 Å². The zero-order valence-corrected chi connectivity index (χ0v) is 20.7. The Balaban J connectivity index is 1.17. The fraction of sp³-hybridized carbons (Fsp3) is 0.500. The number of para-hydroxylation sites is 1. The van der Waals surface area contributed by atoms with Crippen LogP contribution in [-0.4, -0.2) is 80.1 Å². The molecule has 2 aromatic carbocycles. The molecule has 0 aromatic heterocycles. The number of hydrogen-bond donors (Lipinski definition) is 0. The van der Waals surface area contributed by atoms with Crippen LogP contribution in [0.1, 0.15) is 19.3 Å². The Morgan fingerprint density at radius 3 is 2.09 bits per heavy atom. The van der Waals surface area contributed by atoms with Crippen LogP contribution in [0.25, 0.3) is 0 Å². The molecule has 2 fully saturated rings. The lowest BCUT2D eigenvalue weighted by Gasteiger charge is -2.36. The maximum atomic E-state index is 12.8. The normalized spacial score (nSPS) is 18.0. The van der Waals surface area contributed by atoms with Crippen LogP contribution in [0.2, 0.25) is 0 Å². The zero-order chi connectivity index (χ0) is 24.7. The van der Waals surface area contributed by atoms with Crippen LogP contribution in [0, 0.1) is 0 Å². The van der Waals surface area contributed by atoms with Gasteiger partial charge in [-0.05, 0) is 67.5 Å². The van der Waals surface area contributed by atoms with E-state index in [9.17, 15) is 18.0 Å². The molecule has 0 aliphatic carbocycles. The second kappa shape index (κ2) is 12.0. The van der Waals surface area contributed by atoms with Gasteiger partial charge in [0.25, 0.3) is 0 Å². The minimum absolute atomic E-state index is 0.0959. The van der Waals surface area contributed by atoms with Gasteiger partial charge in [-0.1, -0.05) is 18.2 Å². The number of carbonyl (C=O) groups excluding carboxylic acids is 1. The number of piperazine rings is 1. The van der Waals surface area contributed by atoms with Gasteiger partial charge in [0, 0.05) is 75.0 Å². The van der Waals surface area contributed by atoms with Crippen molar-refractivity contribution in [1.29, 1.82) is 0 Å². The molecule has 5 nitrogen and oxygen atoms in total. The lowest BCUT2D eigenvalue weighted by Crippen LogP contribution is -2.46. The van der Waals surface area contributed by atoms with E-state index in [4.69, 9.17) is 0 Å². The largest absolute Gasteiger partial charge is 0.446 e. The molecule has 0 unspecified atom stereocenters. The van der Waals surface area contributed by atoms with Crippen LogP contribution in [0.4, 0.5) is 24.5 Å². The average Bonchev–Trinajstić information content (AvgIpc) is 3.11. The highest BCUT2D eigenvalue weighted by Crippen LogP contribution is 2.37. The molecular formula is C26H33F3N4OS. The second-order valence-corrected chi connectivity index (χ2v) is 10.2. The second-order valence-electron chi connectivity index (χ2n) is 9.03. The zero-order valence-electron chi connectivity index (χ0n) is 19.9. The number of rotatable bonds is 7. The molecule has 0 radical (unpaired) electrons. The third-order valence-corrected chi connectivity index (χ3v) is 7.38. The van der Waals surface area contributed by atoms with Gasteiger partial charge in [-0.3, -0.25) is 9.69 Å². The van der Waals surface area contributed by atoms with Crippen LogP contribution in [0.3, 0.4) is 0 Å². The Morgan fingerprint density at radius 1 is 0.771 bits per heavy atom. The van der Waals surface area contributed by atoms with Crippen molar-refractivity contribution in [2.45, 2.75) is 29.7 Å². The van der Waals surface area contributed by atoms with Crippen LogP contribution >= 0.6 is 11.8 Å². The van der Waals surface area contributed by atoms with Gasteiger partial charge in [-0.15, -0.1) is 0 Å². The van der Waals surface area contributed by atoms with E-state index >= 15 is 0 Å². The molecule has 4 rings (SSSR count). The number of alkyl halides is 3. The van der Waals surface area contributed by atoms with Crippen molar-refractivity contribution in [1.82, 2.24) is 9.80 Å². The van der Waals surface area contributed by atoms with E-state index in [1.54, 1.807) is 12.1 Å². The number of amides is 1. The first kappa shape index (κ1) is 25.7. The van der Waals surface area contributed by atoms with Gasteiger partial charge < -0.3 is 14.7 Å². The van der Waals surface area contributed by atoms with Crippen LogP contribution in [0.5, 0.6) is 0 Å². The number of hydrogen-bond acceptors (Lipinski definition) is 5. The van der Waals surface area contributed by atoms with Gasteiger partial charge in [0.1, 0.15) is 0 Å². The number of nitrogens with zero attached hydrogens (tertiary/aromatic N) is 4. The van der Waals surface area contributed by atoms with E-state index in [0.29, 0.717) is 19.5 Å². The van der Waals surface area contributed by atoms with Crippen LogP contribution in [0.15, 0.2) is 59.5 Å². The minimum Gasteiger partial charge on any atom is -0.370 e. The highest BCUT2D eigenvalue weighted by molar-refractivity contribution is 8.00. The van der Waals surface area contributed by atoms with E-state index in [0.717, 1.165) is 64.3 Å². The van der Waals surface area contributed by atoms with E-state index in [1.807, 2.05) is 11.0 Å². The molecule has 0 bridgehead atoms. The number of halogens is 3. The molecule has 2 aliphatic heterocycles. The molecular weight excluding hydrogens is 473 g/mol. The fourth-order valence-electron chi connectivity index (χ4n) is 4.76. The third-order valence-electron chi connectivity index (χ3n) is 6.64. The van der Waals surface area contributed by atoms with Crippen molar-refractivity contribution >= 4 is 29.0 Å². The predicted octanol–water partition coefficient (Wildman–Crippen LogP) is 4.94. The Labute approximate surface area is 209 Å². The number of carbonyl (C=O) groups is 1. The van der Waals surface area contributed by atoms with Gasteiger partial charge in [-0.2, -0.15) is 13.2 Å². The molecule has 1 amide bonds. The van der Waals surface area contributed by atoms with Crippen molar-refractivity contribution in [3.05, 3.63) is 54.6 Å². The van der Waals surface area contributed by atoms with Crippen LogP contribution < -0.4 is 9.80 Å². The van der Waals surface area contributed by atoms with Crippen molar-refractivity contribution < 1.29 is 18.0 Å². The highest BCUT2D eigenvalue weighted by atomic mass is 32.2. The Bertz CT molecular complexity index is 934. The summed E-state index contributed by atoms with van der Waals surface area (Å²) in [6.07, 6.45) is 2.28. The summed E-state index contributed by atoms with van der Waals surface area (Å²) in [5, 5.41) is 0. The van der Waals surface area contributed by atoms with Crippen molar-refractivity contribution in [2.24, 2.45) is 0 Å². The Morgan fingerprint density at radius 2 is 1.40 bits per heavy atom. The molecule has 0 saturated carbocycles. The summed E-state index contributed by atoms with van der Waals surface area (Å²) in [5.74, 6) is 0.201. The van der Waals surface area contributed by atoms with Gasteiger partial charge in [-0.25, -0.2) is 0 Å². The number of thioether (sulfide) groups is 1. The first-order valence-electron chi connectivity index (χ1n) is 12.3. The monoisotopic (exact) mass is 506 g/mol. The summed E-state index contributed by atoms with van der Waals surface area (Å²) in [6.45, 7) is 7.85. The van der Waals surface area contributed by atoms with E-state index in [2.05, 4.69) is 39.0 Å². The van der Waals surface area contributed by atoms with Gasteiger partial charge in [0.15, 0.2) is 0 Å². The maximum absolute atomic E-state index is 12.8.